The minimum atomic E-state index is -1.89. The average Bonchev–Trinajstić information content (AvgIpc) is 3.38. The third-order valence-electron chi connectivity index (χ3n) is 7.45. The van der Waals surface area contributed by atoms with Crippen molar-refractivity contribution in [2.75, 3.05) is 5.75 Å². The number of carbonyl (C=O) groups is 2. The second-order valence-corrected chi connectivity index (χ2v) is 18.6. The van der Waals surface area contributed by atoms with E-state index in [1.165, 1.54) is 23.8 Å². The molecule has 4 atom stereocenters. The van der Waals surface area contributed by atoms with Crippen LogP contribution in [0, 0.1) is 11.8 Å². The lowest BCUT2D eigenvalue weighted by Gasteiger charge is -2.39. The minimum absolute atomic E-state index is 0.0821. The molecule has 1 unspecified atom stereocenters. The number of carboxylic acids is 1. The maximum absolute atomic E-state index is 11.7. The van der Waals surface area contributed by atoms with E-state index in [1.54, 1.807) is 17.1 Å². The summed E-state index contributed by atoms with van der Waals surface area (Å²) in [4.78, 5) is 27.0. The smallest absolute Gasteiger partial charge is 0.355 e. The molecular weight excluding hydrogens is 523 g/mol. The van der Waals surface area contributed by atoms with Crippen molar-refractivity contribution in [2.45, 2.75) is 108 Å². The Morgan fingerprint density at radius 1 is 1.32 bits per heavy atom. The predicted molar refractivity (Wildman–Crippen MR) is 156 cm³/mol. The highest BCUT2D eigenvalue weighted by molar-refractivity contribution is 8.01. The molecule has 1 aromatic rings. The molecule has 1 heterocycles. The fourth-order valence-electron chi connectivity index (χ4n) is 4.39. The summed E-state index contributed by atoms with van der Waals surface area (Å²) in [5.41, 5.74) is 1.27. The molecule has 0 bridgehead atoms. The summed E-state index contributed by atoms with van der Waals surface area (Å²) < 4.78 is 13.2. The van der Waals surface area contributed by atoms with Crippen LogP contribution >= 0.6 is 23.1 Å². The van der Waals surface area contributed by atoms with Crippen LogP contribution in [0.15, 0.2) is 34.0 Å². The third kappa shape index (κ3) is 10.3. The van der Waals surface area contributed by atoms with E-state index < -0.39 is 14.3 Å². The summed E-state index contributed by atoms with van der Waals surface area (Å²) in [6.45, 7) is 19.1. The molecule has 0 saturated heterocycles. The first kappa shape index (κ1) is 31.8. The van der Waals surface area contributed by atoms with E-state index in [1.807, 2.05) is 0 Å². The number of ether oxygens (including phenoxy) is 1. The van der Waals surface area contributed by atoms with E-state index in [0.717, 1.165) is 48.6 Å². The second-order valence-electron chi connectivity index (χ2n) is 11.7. The molecule has 0 amide bonds. The summed E-state index contributed by atoms with van der Waals surface area (Å²) in [7, 11) is -1.89. The van der Waals surface area contributed by atoms with Crippen molar-refractivity contribution in [1.29, 1.82) is 0 Å². The summed E-state index contributed by atoms with van der Waals surface area (Å²) in [5.74, 6) is 0.140. The van der Waals surface area contributed by atoms with Gasteiger partial charge in [0.1, 0.15) is 6.10 Å². The summed E-state index contributed by atoms with van der Waals surface area (Å²) in [6, 6.07) is 0. The van der Waals surface area contributed by atoms with E-state index in [2.05, 4.69) is 64.5 Å². The molecular formula is C28H45NO5S2Si. The number of nitrogens with zero attached hydrogens (tertiary/aromatic N) is 1. The molecule has 208 valence electrons. The van der Waals surface area contributed by atoms with Crippen molar-refractivity contribution in [3.63, 3.8) is 0 Å². The highest BCUT2D eigenvalue weighted by atomic mass is 32.2. The molecule has 1 N–H and O–H groups in total. The maximum atomic E-state index is 11.7. The van der Waals surface area contributed by atoms with Gasteiger partial charge in [0.25, 0.3) is 0 Å². The van der Waals surface area contributed by atoms with Crippen LogP contribution in [0.5, 0.6) is 0 Å². The molecule has 0 spiro atoms. The van der Waals surface area contributed by atoms with Gasteiger partial charge in [-0.05, 0) is 69.5 Å². The molecule has 1 aliphatic carbocycles. The Morgan fingerprint density at radius 3 is 2.59 bits per heavy atom. The minimum Gasteiger partial charge on any atom is -0.476 e. The van der Waals surface area contributed by atoms with Crippen molar-refractivity contribution in [2.24, 2.45) is 11.8 Å². The number of carbonyl (C=O) groups excluding carboxylic acids is 1. The Bertz CT molecular complexity index is 953. The molecule has 0 aromatic carbocycles. The largest absolute Gasteiger partial charge is 0.476 e. The van der Waals surface area contributed by atoms with Gasteiger partial charge in [0.2, 0.25) is 0 Å². The van der Waals surface area contributed by atoms with Gasteiger partial charge in [0.05, 0.1) is 0 Å². The zero-order valence-electron chi connectivity index (χ0n) is 23.5. The molecule has 9 heteroatoms. The van der Waals surface area contributed by atoms with E-state index >= 15 is 0 Å². The van der Waals surface area contributed by atoms with E-state index in [4.69, 9.17) is 14.3 Å². The van der Waals surface area contributed by atoms with Gasteiger partial charge < -0.3 is 14.3 Å². The third-order valence-corrected chi connectivity index (χ3v) is 14.0. The van der Waals surface area contributed by atoms with E-state index in [0.29, 0.717) is 5.92 Å². The van der Waals surface area contributed by atoms with E-state index in [-0.39, 0.29) is 34.8 Å². The van der Waals surface area contributed by atoms with Crippen molar-refractivity contribution >= 4 is 43.4 Å². The number of rotatable bonds is 14. The molecule has 2 rings (SSSR count). The molecule has 1 aliphatic rings. The van der Waals surface area contributed by atoms with Gasteiger partial charge in [-0.2, -0.15) is 0 Å². The second kappa shape index (κ2) is 14.1. The molecule has 0 radical (unpaired) electrons. The van der Waals surface area contributed by atoms with Crippen LogP contribution in [0.25, 0.3) is 0 Å². The summed E-state index contributed by atoms with van der Waals surface area (Å²) >= 11 is 2.93. The quantitative estimate of drug-likeness (QED) is 0.106. The maximum Gasteiger partial charge on any atom is 0.355 e. The zero-order chi connectivity index (χ0) is 27.8. The lowest BCUT2D eigenvalue weighted by Crippen LogP contribution is -2.43. The SMILES string of the molecule is C=C(C)CCC(C/C=C/[C@@H]1CC[C@H](OC(C)=O)[C@@H]1CCSc1nc(C(=O)O)cs1)O[Si](C)(C)C(C)(C)C. The number of hydrogen-bond acceptors (Lipinski definition) is 7. The number of allylic oxidation sites excluding steroid dienone is 2. The molecule has 0 aliphatic heterocycles. The number of aromatic carboxylic acids is 1. The fraction of sp³-hybridized carbons (Fsp3) is 0.679. The normalized spacial score (nSPS) is 21.3. The molecule has 1 saturated carbocycles. The lowest BCUT2D eigenvalue weighted by molar-refractivity contribution is -0.148. The Morgan fingerprint density at radius 2 is 2.03 bits per heavy atom. The van der Waals surface area contributed by atoms with Crippen molar-refractivity contribution in [1.82, 2.24) is 4.98 Å². The van der Waals surface area contributed by atoms with Crippen LogP contribution in [0.2, 0.25) is 18.1 Å². The first-order valence-electron chi connectivity index (χ1n) is 13.2. The topological polar surface area (TPSA) is 85.7 Å². The van der Waals surface area contributed by atoms with E-state index in [9.17, 15) is 9.59 Å². The van der Waals surface area contributed by atoms with Gasteiger partial charge in [0, 0.05) is 30.1 Å². The van der Waals surface area contributed by atoms with Gasteiger partial charge in [-0.15, -0.1) is 17.9 Å². The van der Waals surface area contributed by atoms with Gasteiger partial charge in [-0.1, -0.05) is 50.3 Å². The van der Waals surface area contributed by atoms with Gasteiger partial charge in [-0.25, -0.2) is 9.78 Å². The van der Waals surface area contributed by atoms with Gasteiger partial charge >= 0.3 is 11.9 Å². The highest BCUT2D eigenvalue weighted by Gasteiger charge is 2.39. The molecule has 1 aromatic heterocycles. The van der Waals surface area contributed by atoms with Crippen molar-refractivity contribution in [3.8, 4) is 0 Å². The number of esters is 1. The first-order valence-corrected chi connectivity index (χ1v) is 17.9. The first-order chi connectivity index (χ1) is 17.2. The van der Waals surface area contributed by atoms with Crippen LogP contribution in [0.4, 0.5) is 0 Å². The van der Waals surface area contributed by atoms with Crippen molar-refractivity contribution in [3.05, 3.63) is 35.4 Å². The molecule has 1 fully saturated rings. The Balaban J connectivity index is 2.05. The lowest BCUT2D eigenvalue weighted by atomic mass is 9.91. The van der Waals surface area contributed by atoms with Crippen molar-refractivity contribution < 1.29 is 23.9 Å². The van der Waals surface area contributed by atoms with Crippen LogP contribution in [0.1, 0.15) is 83.6 Å². The number of carboxylic acid groups (broad SMARTS) is 1. The van der Waals surface area contributed by atoms with Crippen LogP contribution in [0.3, 0.4) is 0 Å². The van der Waals surface area contributed by atoms with Crippen LogP contribution in [-0.2, 0) is 14.0 Å². The number of thioether (sulfide) groups is 1. The average molecular weight is 568 g/mol. The number of aromatic nitrogens is 1. The van der Waals surface area contributed by atoms with Crippen LogP contribution in [-0.4, -0.2) is 48.3 Å². The summed E-state index contributed by atoms with van der Waals surface area (Å²) in [6.07, 6.45) is 10.2. The standard InChI is InChI=1S/C28H45NO5S2Si/c1-19(2)12-14-22(34-37(7,8)28(4,5)6)11-9-10-21-13-15-25(33-20(3)30)23(21)16-17-35-27-29-24(18-36-27)26(31)32/h9-10,18,21-23,25H,1,11-17H2,2-8H3,(H,31,32)/b10-9+/t21-,22?,23-,25+/m1/s1. The summed E-state index contributed by atoms with van der Waals surface area (Å²) in [5, 5.41) is 10.8. The number of hydrogen-bond donors (Lipinski definition) is 1. The van der Waals surface area contributed by atoms with Gasteiger partial charge in [0.15, 0.2) is 18.4 Å². The number of thiazole rings is 1. The Hall–Kier alpha value is -1.42. The highest BCUT2D eigenvalue weighted by Crippen LogP contribution is 2.40. The Labute approximate surface area is 232 Å². The molecule has 37 heavy (non-hydrogen) atoms. The fourth-order valence-corrected chi connectivity index (χ4v) is 7.71. The predicted octanol–water partition coefficient (Wildman–Crippen LogP) is 7.97. The molecule has 6 nitrogen and oxygen atoms in total. The van der Waals surface area contributed by atoms with Gasteiger partial charge in [-0.3, -0.25) is 4.79 Å². The zero-order valence-corrected chi connectivity index (χ0v) is 26.2. The monoisotopic (exact) mass is 567 g/mol. The van der Waals surface area contributed by atoms with Crippen LogP contribution < -0.4 is 0 Å². The Kier molecular flexibility index (Phi) is 12.1.